The van der Waals surface area contributed by atoms with Gasteiger partial charge in [0.25, 0.3) is 0 Å². The van der Waals surface area contributed by atoms with Crippen molar-refractivity contribution in [2.24, 2.45) is 5.73 Å². The van der Waals surface area contributed by atoms with E-state index in [0.717, 1.165) is 11.3 Å². The number of nitrogens with zero attached hydrogens (tertiary/aromatic N) is 2. The minimum atomic E-state index is -2.86. The monoisotopic (exact) mass is 245 g/mol. The minimum absolute atomic E-state index is 0.208. The summed E-state index contributed by atoms with van der Waals surface area (Å²) in [6, 6.07) is 0. The summed E-state index contributed by atoms with van der Waals surface area (Å²) in [5, 5.41) is 4.27. The molecule has 0 aliphatic heterocycles. The second-order valence-corrected chi connectivity index (χ2v) is 6.27. The SMILES string of the molecule is CCS(=O)(=O)CCCn1cc(CN)c(C)n1. The molecular weight excluding hydrogens is 226 g/mol. The molecule has 0 unspecified atom stereocenters. The lowest BCUT2D eigenvalue weighted by Crippen LogP contribution is -2.11. The second-order valence-electron chi connectivity index (χ2n) is 3.80. The smallest absolute Gasteiger partial charge is 0.150 e. The summed E-state index contributed by atoms with van der Waals surface area (Å²) in [6.07, 6.45) is 2.48. The van der Waals surface area contributed by atoms with Crippen LogP contribution in [-0.2, 0) is 22.9 Å². The molecule has 5 nitrogen and oxygen atoms in total. The lowest BCUT2D eigenvalue weighted by Gasteiger charge is -2.01. The number of hydrogen-bond donors (Lipinski definition) is 1. The lowest BCUT2D eigenvalue weighted by molar-refractivity contribution is 0.571. The van der Waals surface area contributed by atoms with Crippen molar-refractivity contribution in [3.8, 4) is 0 Å². The van der Waals surface area contributed by atoms with Crippen LogP contribution in [0.5, 0.6) is 0 Å². The van der Waals surface area contributed by atoms with Crippen molar-refractivity contribution in [3.05, 3.63) is 17.5 Å². The first-order valence-corrected chi connectivity index (χ1v) is 7.24. The van der Waals surface area contributed by atoms with Gasteiger partial charge >= 0.3 is 0 Å². The van der Waals surface area contributed by atoms with Gasteiger partial charge in [0.2, 0.25) is 0 Å². The van der Waals surface area contributed by atoms with Gasteiger partial charge in [-0.3, -0.25) is 4.68 Å². The van der Waals surface area contributed by atoms with Crippen molar-refractivity contribution >= 4 is 9.84 Å². The summed E-state index contributed by atoms with van der Waals surface area (Å²) in [7, 11) is -2.86. The van der Waals surface area contributed by atoms with Gasteiger partial charge in [-0.15, -0.1) is 0 Å². The van der Waals surface area contributed by atoms with E-state index in [4.69, 9.17) is 5.73 Å². The molecule has 1 rings (SSSR count). The van der Waals surface area contributed by atoms with Crippen LogP contribution >= 0.6 is 0 Å². The van der Waals surface area contributed by atoms with Crippen LogP contribution in [0.3, 0.4) is 0 Å². The standard InChI is InChI=1S/C10H19N3O2S/c1-3-16(14,15)6-4-5-13-8-10(7-11)9(2)12-13/h8H,3-7,11H2,1-2H3. The topological polar surface area (TPSA) is 78.0 Å². The Hall–Kier alpha value is -0.880. The molecule has 1 aromatic rings. The van der Waals surface area contributed by atoms with Crippen molar-refractivity contribution in [1.29, 1.82) is 0 Å². The average molecular weight is 245 g/mol. The highest BCUT2D eigenvalue weighted by atomic mass is 32.2. The molecule has 1 aromatic heterocycles. The molecule has 0 fully saturated rings. The zero-order valence-corrected chi connectivity index (χ0v) is 10.6. The third kappa shape index (κ3) is 3.61. The molecule has 2 N–H and O–H groups in total. The van der Waals surface area contributed by atoms with E-state index in [-0.39, 0.29) is 11.5 Å². The van der Waals surface area contributed by atoms with Crippen LogP contribution in [0.2, 0.25) is 0 Å². The third-order valence-corrected chi connectivity index (χ3v) is 4.34. The molecule has 0 aromatic carbocycles. The number of aryl methyl sites for hydroxylation is 2. The third-order valence-electron chi connectivity index (χ3n) is 2.55. The van der Waals surface area contributed by atoms with Gasteiger partial charge in [0.05, 0.1) is 11.4 Å². The maximum absolute atomic E-state index is 11.3. The van der Waals surface area contributed by atoms with Gasteiger partial charge in [0.15, 0.2) is 0 Å². The van der Waals surface area contributed by atoms with Crippen LogP contribution in [0.1, 0.15) is 24.6 Å². The van der Waals surface area contributed by atoms with Crippen LogP contribution in [0, 0.1) is 6.92 Å². The first-order valence-electron chi connectivity index (χ1n) is 5.42. The van der Waals surface area contributed by atoms with Crippen molar-refractivity contribution in [1.82, 2.24) is 9.78 Å². The van der Waals surface area contributed by atoms with E-state index in [0.29, 0.717) is 19.5 Å². The van der Waals surface area contributed by atoms with Crippen molar-refractivity contribution < 1.29 is 8.42 Å². The van der Waals surface area contributed by atoms with Crippen LogP contribution in [0.4, 0.5) is 0 Å². The predicted molar refractivity (Wildman–Crippen MR) is 63.8 cm³/mol. The molecule has 0 atom stereocenters. The fraction of sp³-hybridized carbons (Fsp3) is 0.700. The highest BCUT2D eigenvalue weighted by Gasteiger charge is 2.08. The first kappa shape index (κ1) is 13.2. The maximum atomic E-state index is 11.3. The fourth-order valence-electron chi connectivity index (χ4n) is 1.46. The van der Waals surface area contributed by atoms with Gasteiger partial charge in [0.1, 0.15) is 9.84 Å². The van der Waals surface area contributed by atoms with Gasteiger partial charge in [-0.2, -0.15) is 5.10 Å². The van der Waals surface area contributed by atoms with E-state index < -0.39 is 9.84 Å². The molecule has 0 bridgehead atoms. The second kappa shape index (κ2) is 5.45. The van der Waals surface area contributed by atoms with E-state index in [1.165, 1.54) is 0 Å². The van der Waals surface area contributed by atoms with Gasteiger partial charge in [-0.05, 0) is 13.3 Å². The summed E-state index contributed by atoms with van der Waals surface area (Å²) in [6.45, 7) is 4.67. The van der Waals surface area contributed by atoms with Crippen molar-refractivity contribution in [3.63, 3.8) is 0 Å². The Morgan fingerprint density at radius 1 is 1.50 bits per heavy atom. The summed E-state index contributed by atoms with van der Waals surface area (Å²) in [5.41, 5.74) is 7.46. The highest BCUT2D eigenvalue weighted by molar-refractivity contribution is 7.91. The summed E-state index contributed by atoms with van der Waals surface area (Å²) < 4.78 is 24.3. The Morgan fingerprint density at radius 3 is 2.69 bits per heavy atom. The van der Waals surface area contributed by atoms with Crippen LogP contribution in [0.25, 0.3) is 0 Å². The van der Waals surface area contributed by atoms with E-state index >= 15 is 0 Å². The molecule has 0 aliphatic rings. The Balaban J connectivity index is 2.49. The molecule has 0 amide bonds. The minimum Gasteiger partial charge on any atom is -0.326 e. The molecule has 16 heavy (non-hydrogen) atoms. The zero-order valence-electron chi connectivity index (χ0n) is 9.81. The lowest BCUT2D eigenvalue weighted by atomic mass is 10.3. The molecule has 0 aliphatic carbocycles. The number of hydrogen-bond acceptors (Lipinski definition) is 4. The molecule has 0 spiro atoms. The molecule has 1 heterocycles. The number of aromatic nitrogens is 2. The molecule has 0 saturated heterocycles. The molecule has 0 saturated carbocycles. The summed E-state index contributed by atoms with van der Waals surface area (Å²) >= 11 is 0. The summed E-state index contributed by atoms with van der Waals surface area (Å²) in [5.74, 6) is 0.430. The van der Waals surface area contributed by atoms with Gasteiger partial charge in [-0.25, -0.2) is 8.42 Å². The maximum Gasteiger partial charge on any atom is 0.150 e. The largest absolute Gasteiger partial charge is 0.326 e. The predicted octanol–water partition coefficient (Wildman–Crippen LogP) is 0.475. The highest BCUT2D eigenvalue weighted by Crippen LogP contribution is 2.05. The van der Waals surface area contributed by atoms with Gasteiger partial charge < -0.3 is 5.73 Å². The van der Waals surface area contributed by atoms with Crippen molar-refractivity contribution in [2.75, 3.05) is 11.5 Å². The van der Waals surface area contributed by atoms with E-state index in [2.05, 4.69) is 5.10 Å². The Kier molecular flexibility index (Phi) is 4.49. The number of sulfone groups is 1. The molecule has 6 heteroatoms. The van der Waals surface area contributed by atoms with Crippen molar-refractivity contribution in [2.45, 2.75) is 33.4 Å². The summed E-state index contributed by atoms with van der Waals surface area (Å²) in [4.78, 5) is 0. The van der Waals surface area contributed by atoms with Crippen LogP contribution < -0.4 is 5.73 Å². The average Bonchev–Trinajstić information content (AvgIpc) is 2.59. The zero-order chi connectivity index (χ0) is 12.2. The molecular formula is C10H19N3O2S. The molecule has 92 valence electrons. The quantitative estimate of drug-likeness (QED) is 0.790. The van der Waals surface area contributed by atoms with Gasteiger partial charge in [0, 0.05) is 30.6 Å². The Labute approximate surface area is 96.6 Å². The number of rotatable bonds is 6. The molecule has 0 radical (unpaired) electrons. The normalized spacial score (nSPS) is 11.9. The van der Waals surface area contributed by atoms with E-state index in [1.807, 2.05) is 13.1 Å². The fourth-order valence-corrected chi connectivity index (χ4v) is 2.32. The number of nitrogens with two attached hydrogens (primary N) is 1. The van der Waals surface area contributed by atoms with Gasteiger partial charge in [-0.1, -0.05) is 6.92 Å². The van der Waals surface area contributed by atoms with E-state index in [1.54, 1.807) is 11.6 Å². The van der Waals surface area contributed by atoms with Crippen LogP contribution in [-0.4, -0.2) is 29.7 Å². The van der Waals surface area contributed by atoms with Crippen LogP contribution in [0.15, 0.2) is 6.20 Å². The van der Waals surface area contributed by atoms with E-state index in [9.17, 15) is 8.42 Å². The first-order chi connectivity index (χ1) is 7.48. The Morgan fingerprint density at radius 2 is 2.19 bits per heavy atom. The Bertz CT molecular complexity index is 437.